The number of nitrogens with one attached hydrogen (secondary N) is 1. The van der Waals surface area contributed by atoms with Crippen LogP contribution in [-0.4, -0.2) is 21.4 Å². The summed E-state index contributed by atoms with van der Waals surface area (Å²) in [7, 11) is -2.10. The predicted octanol–water partition coefficient (Wildman–Crippen LogP) is 3.48. The first-order chi connectivity index (χ1) is 13.7. The minimum Gasteiger partial charge on any atom is -0.497 e. The zero-order valence-corrected chi connectivity index (χ0v) is 17.4. The second kappa shape index (κ2) is 8.23. The Labute approximate surface area is 170 Å². The maximum Gasteiger partial charge on any atom is 0.238 e. The standard InChI is InChI=1S/C22H24N2O4S/c1-14(17-4-5-19-13-20(28-3)9-6-18(19)12-17)22(25)24-15(2)16-7-10-21(11-8-16)29(23,26)27/h4-15H,1-3H3,(H,24,25)(H2,23,26,27)/t14-,15?/m0/s1. The zero-order chi connectivity index (χ0) is 21.2. The van der Waals surface area contributed by atoms with Crippen molar-refractivity contribution in [1.29, 1.82) is 0 Å². The second-order valence-electron chi connectivity index (χ2n) is 7.04. The van der Waals surface area contributed by atoms with E-state index < -0.39 is 10.0 Å². The zero-order valence-electron chi connectivity index (χ0n) is 16.5. The molecule has 0 aromatic heterocycles. The van der Waals surface area contributed by atoms with Crippen LogP contribution >= 0.6 is 0 Å². The van der Waals surface area contributed by atoms with E-state index in [1.165, 1.54) is 12.1 Å². The smallest absolute Gasteiger partial charge is 0.238 e. The van der Waals surface area contributed by atoms with Gasteiger partial charge in [0.15, 0.2) is 0 Å². The SMILES string of the molecule is COc1ccc2cc([C@H](C)C(=O)NC(C)c3ccc(S(N)(=O)=O)cc3)ccc2c1. The molecule has 3 rings (SSSR count). The number of sulfonamides is 1. The van der Waals surface area contributed by atoms with Gasteiger partial charge < -0.3 is 10.1 Å². The highest BCUT2D eigenvalue weighted by molar-refractivity contribution is 7.89. The normalized spacial score (nSPS) is 13.7. The largest absolute Gasteiger partial charge is 0.497 e. The third-order valence-corrected chi connectivity index (χ3v) is 5.96. The molecule has 2 atom stereocenters. The number of primary sulfonamides is 1. The molecule has 1 unspecified atom stereocenters. The lowest BCUT2D eigenvalue weighted by molar-refractivity contribution is -0.122. The molecule has 0 spiro atoms. The van der Waals surface area contributed by atoms with Gasteiger partial charge in [0, 0.05) is 0 Å². The number of carbonyl (C=O) groups is 1. The summed E-state index contributed by atoms with van der Waals surface area (Å²) in [6.07, 6.45) is 0. The van der Waals surface area contributed by atoms with Crippen LogP contribution in [0.15, 0.2) is 65.6 Å². The number of fused-ring (bicyclic) bond motifs is 1. The highest BCUT2D eigenvalue weighted by Crippen LogP contribution is 2.26. The third kappa shape index (κ3) is 4.75. The molecule has 0 heterocycles. The van der Waals surface area contributed by atoms with Gasteiger partial charge in [-0.05, 0) is 60.0 Å². The molecular weight excluding hydrogens is 388 g/mol. The van der Waals surface area contributed by atoms with E-state index in [9.17, 15) is 13.2 Å². The first kappa shape index (κ1) is 20.8. The Morgan fingerprint density at radius 2 is 1.52 bits per heavy atom. The topological polar surface area (TPSA) is 98.5 Å². The predicted molar refractivity (Wildman–Crippen MR) is 113 cm³/mol. The van der Waals surface area contributed by atoms with Crippen molar-refractivity contribution in [2.45, 2.75) is 30.7 Å². The highest BCUT2D eigenvalue weighted by Gasteiger charge is 2.19. The van der Waals surface area contributed by atoms with Gasteiger partial charge in [-0.1, -0.05) is 36.4 Å². The summed E-state index contributed by atoms with van der Waals surface area (Å²) in [5.41, 5.74) is 1.71. The van der Waals surface area contributed by atoms with E-state index >= 15 is 0 Å². The van der Waals surface area contributed by atoms with Gasteiger partial charge in [-0.2, -0.15) is 0 Å². The summed E-state index contributed by atoms with van der Waals surface area (Å²) >= 11 is 0. The summed E-state index contributed by atoms with van der Waals surface area (Å²) in [4.78, 5) is 12.8. The molecule has 0 aliphatic heterocycles. The van der Waals surface area contributed by atoms with E-state index in [2.05, 4.69) is 5.32 Å². The molecule has 0 saturated carbocycles. The fraction of sp³-hybridized carbons (Fsp3) is 0.227. The molecule has 6 nitrogen and oxygen atoms in total. The Balaban J connectivity index is 1.73. The number of nitrogens with two attached hydrogens (primary N) is 1. The Kier molecular flexibility index (Phi) is 5.91. The molecule has 7 heteroatoms. The third-order valence-electron chi connectivity index (χ3n) is 5.03. The quantitative estimate of drug-likeness (QED) is 0.648. The van der Waals surface area contributed by atoms with Crippen molar-refractivity contribution in [3.63, 3.8) is 0 Å². The van der Waals surface area contributed by atoms with Crippen LogP contribution in [0.1, 0.15) is 36.9 Å². The van der Waals surface area contributed by atoms with Gasteiger partial charge in [-0.3, -0.25) is 4.79 Å². The van der Waals surface area contributed by atoms with Crippen LogP contribution in [0.4, 0.5) is 0 Å². The molecule has 3 N–H and O–H groups in total. The Morgan fingerprint density at radius 1 is 0.931 bits per heavy atom. The van der Waals surface area contributed by atoms with E-state index in [-0.39, 0.29) is 22.8 Å². The van der Waals surface area contributed by atoms with Crippen LogP contribution in [0.2, 0.25) is 0 Å². The van der Waals surface area contributed by atoms with E-state index in [1.807, 2.05) is 50.2 Å². The van der Waals surface area contributed by atoms with Gasteiger partial charge in [0.05, 0.1) is 24.0 Å². The van der Waals surface area contributed by atoms with Crippen LogP contribution in [0, 0.1) is 0 Å². The summed E-state index contributed by atoms with van der Waals surface area (Å²) in [5.74, 6) is 0.340. The lowest BCUT2D eigenvalue weighted by Crippen LogP contribution is -2.30. The maximum absolute atomic E-state index is 12.7. The molecule has 0 radical (unpaired) electrons. The number of hydrogen-bond acceptors (Lipinski definition) is 4. The highest BCUT2D eigenvalue weighted by atomic mass is 32.2. The van der Waals surface area contributed by atoms with Crippen LogP contribution in [0.3, 0.4) is 0 Å². The fourth-order valence-electron chi connectivity index (χ4n) is 3.16. The summed E-state index contributed by atoms with van der Waals surface area (Å²) in [6, 6.07) is 17.7. The first-order valence-corrected chi connectivity index (χ1v) is 10.7. The molecular formula is C22H24N2O4S. The summed E-state index contributed by atoms with van der Waals surface area (Å²) < 4.78 is 28.0. The molecule has 0 bridgehead atoms. The molecule has 152 valence electrons. The average Bonchev–Trinajstić information content (AvgIpc) is 2.71. The van der Waals surface area contributed by atoms with E-state index in [0.29, 0.717) is 0 Å². The van der Waals surface area contributed by atoms with Crippen molar-refractivity contribution < 1.29 is 17.9 Å². The van der Waals surface area contributed by atoms with Gasteiger partial charge in [-0.15, -0.1) is 0 Å². The van der Waals surface area contributed by atoms with E-state index in [0.717, 1.165) is 27.6 Å². The maximum atomic E-state index is 12.7. The number of methoxy groups -OCH3 is 1. The molecule has 3 aromatic carbocycles. The molecule has 0 aliphatic carbocycles. The second-order valence-corrected chi connectivity index (χ2v) is 8.60. The van der Waals surface area contributed by atoms with E-state index in [4.69, 9.17) is 9.88 Å². The van der Waals surface area contributed by atoms with Crippen LogP contribution in [0.25, 0.3) is 10.8 Å². The summed E-state index contributed by atoms with van der Waals surface area (Å²) in [6.45, 7) is 3.71. The minimum atomic E-state index is -3.74. The number of hydrogen-bond donors (Lipinski definition) is 2. The first-order valence-electron chi connectivity index (χ1n) is 9.20. The number of benzene rings is 3. The van der Waals surface area contributed by atoms with Gasteiger partial charge in [0.1, 0.15) is 5.75 Å². The monoisotopic (exact) mass is 412 g/mol. The molecule has 0 aliphatic rings. The molecule has 3 aromatic rings. The Hall–Kier alpha value is -2.90. The number of carbonyl (C=O) groups excluding carboxylic acids is 1. The summed E-state index contributed by atoms with van der Waals surface area (Å²) in [5, 5.41) is 10.2. The molecule has 29 heavy (non-hydrogen) atoms. The fourth-order valence-corrected chi connectivity index (χ4v) is 3.67. The lowest BCUT2D eigenvalue weighted by atomic mass is 9.96. The molecule has 1 amide bonds. The van der Waals surface area contributed by atoms with Gasteiger partial charge >= 0.3 is 0 Å². The Morgan fingerprint density at radius 3 is 2.14 bits per heavy atom. The van der Waals surface area contributed by atoms with Crippen LogP contribution in [0.5, 0.6) is 5.75 Å². The van der Waals surface area contributed by atoms with Crippen molar-refractivity contribution in [2.75, 3.05) is 7.11 Å². The number of ether oxygens (including phenoxy) is 1. The van der Waals surface area contributed by atoms with Gasteiger partial charge in [-0.25, -0.2) is 13.6 Å². The molecule has 0 saturated heterocycles. The Bertz CT molecular complexity index is 1140. The number of amides is 1. The average molecular weight is 413 g/mol. The van der Waals surface area contributed by atoms with Crippen molar-refractivity contribution in [2.24, 2.45) is 5.14 Å². The minimum absolute atomic E-state index is 0.0425. The van der Waals surface area contributed by atoms with E-state index in [1.54, 1.807) is 19.2 Å². The lowest BCUT2D eigenvalue weighted by Gasteiger charge is -2.19. The van der Waals surface area contributed by atoms with Gasteiger partial charge in [0.25, 0.3) is 0 Å². The van der Waals surface area contributed by atoms with Crippen molar-refractivity contribution in [1.82, 2.24) is 5.32 Å². The van der Waals surface area contributed by atoms with Crippen molar-refractivity contribution in [3.05, 3.63) is 71.8 Å². The van der Waals surface area contributed by atoms with Crippen molar-refractivity contribution >= 4 is 26.7 Å². The van der Waals surface area contributed by atoms with Crippen molar-refractivity contribution in [3.8, 4) is 5.75 Å². The number of rotatable bonds is 6. The molecule has 0 fully saturated rings. The van der Waals surface area contributed by atoms with Gasteiger partial charge in [0.2, 0.25) is 15.9 Å². The van der Waals surface area contributed by atoms with Crippen LogP contribution < -0.4 is 15.2 Å². The van der Waals surface area contributed by atoms with Crippen LogP contribution in [-0.2, 0) is 14.8 Å².